The van der Waals surface area contributed by atoms with Gasteiger partial charge in [-0.1, -0.05) is 318 Å². The van der Waals surface area contributed by atoms with Crippen LogP contribution in [0.2, 0.25) is 0 Å². The zero-order chi connectivity index (χ0) is 46.0. The van der Waals surface area contributed by atoms with E-state index in [1.54, 1.807) is 0 Å². The minimum absolute atomic E-state index is 0. The number of hydrogen-bond donors (Lipinski definition) is 0. The van der Waals surface area contributed by atoms with Crippen molar-refractivity contribution in [3.8, 4) is 0 Å². The molecule has 0 bridgehead atoms. The van der Waals surface area contributed by atoms with E-state index >= 15 is 0 Å². The van der Waals surface area contributed by atoms with Crippen molar-refractivity contribution in [3.05, 3.63) is 0 Å². The molecule has 0 saturated heterocycles. The molecular formula is C46H138V3. The van der Waals surface area contributed by atoms with Crippen LogP contribution in [0.5, 0.6) is 0 Å². The van der Waals surface area contributed by atoms with Crippen molar-refractivity contribution < 1.29 is 55.7 Å². The summed E-state index contributed by atoms with van der Waals surface area (Å²) in [5.74, 6) is 0. The zero-order valence-electron chi connectivity index (χ0n) is 47.3. The fourth-order valence-corrected chi connectivity index (χ4v) is 0. The van der Waals surface area contributed by atoms with Gasteiger partial charge in [0.05, 0.1) is 0 Å². The summed E-state index contributed by atoms with van der Waals surface area (Å²) in [5, 5.41) is 0. The Labute approximate surface area is 371 Å². The molecule has 337 valence electrons. The van der Waals surface area contributed by atoms with Crippen molar-refractivity contribution in [1.82, 2.24) is 0 Å². The van der Waals surface area contributed by atoms with Gasteiger partial charge in [0.15, 0.2) is 0 Å². The zero-order valence-corrected chi connectivity index (χ0v) is 51.5. The molecule has 0 heterocycles. The molecule has 0 aromatic rings. The Kier molecular flexibility index (Phi) is 161000. The minimum atomic E-state index is 0. The molecule has 0 nitrogen and oxygen atoms in total. The van der Waals surface area contributed by atoms with Crippen LogP contribution in [-0.4, -0.2) is 0 Å². The van der Waals surface area contributed by atoms with E-state index in [4.69, 9.17) is 0 Å². The van der Waals surface area contributed by atoms with Crippen LogP contribution in [0, 0.1) is 0 Å². The molecule has 0 unspecified atom stereocenters. The average molecular weight is 844 g/mol. The third-order valence-corrected chi connectivity index (χ3v) is 0. The van der Waals surface area contributed by atoms with E-state index in [1.807, 2.05) is 318 Å². The Hall–Kier alpha value is 1.75. The third kappa shape index (κ3) is 36900. The van der Waals surface area contributed by atoms with Gasteiger partial charge >= 0.3 is 0 Å². The second kappa shape index (κ2) is 38500. The molecule has 0 saturated carbocycles. The van der Waals surface area contributed by atoms with Gasteiger partial charge in [0.1, 0.15) is 0 Å². The van der Waals surface area contributed by atoms with Crippen molar-refractivity contribution in [2.75, 3.05) is 0 Å². The number of hydrogen-bond acceptors (Lipinski definition) is 0. The smallest absolute Gasteiger partial charge is 0 e. The van der Waals surface area contributed by atoms with Gasteiger partial charge in [-0.3, -0.25) is 0 Å². The van der Waals surface area contributed by atoms with E-state index in [9.17, 15) is 0 Å². The SMILES string of the molecule is CC.CC.CC.CC.CC.CC.CC.CC.CC.CC.CC.CC.CC.CC.CC.CC.CC.CC.CC.CC.CC.CC.CC.[V].[V].[V]. The first-order chi connectivity index (χ1) is 23.0. The van der Waals surface area contributed by atoms with Gasteiger partial charge in [-0.15, -0.1) is 0 Å². The quantitative estimate of drug-likeness (QED) is 0.228. The first-order valence-electron chi connectivity index (χ1n) is 23.0. The molecule has 0 aromatic carbocycles. The molecule has 0 N–H and O–H groups in total. The molecule has 0 fully saturated rings. The van der Waals surface area contributed by atoms with Gasteiger partial charge in [-0.25, -0.2) is 0 Å². The van der Waals surface area contributed by atoms with Gasteiger partial charge in [0, 0.05) is 55.7 Å². The minimum Gasteiger partial charge on any atom is -0.0683 e. The Morgan fingerprint density at radius 2 is 0.0612 bits per heavy atom. The maximum absolute atomic E-state index is 2.00. The van der Waals surface area contributed by atoms with Crippen molar-refractivity contribution in [1.29, 1.82) is 0 Å². The Morgan fingerprint density at radius 3 is 0.0612 bits per heavy atom. The van der Waals surface area contributed by atoms with Crippen LogP contribution in [0.15, 0.2) is 0 Å². The fraction of sp³-hybridized carbons (Fsp3) is 1.00. The summed E-state index contributed by atoms with van der Waals surface area (Å²) >= 11 is 0. The second-order valence-electron chi connectivity index (χ2n) is 0. The largest absolute Gasteiger partial charge is 0.0683 e. The molecule has 0 rings (SSSR count). The van der Waals surface area contributed by atoms with Crippen LogP contribution < -0.4 is 0 Å². The second-order valence-corrected chi connectivity index (χ2v) is 0. The van der Waals surface area contributed by atoms with Crippen LogP contribution in [0.1, 0.15) is 318 Å². The molecule has 0 aliphatic carbocycles. The van der Waals surface area contributed by atoms with Gasteiger partial charge in [-0.2, -0.15) is 0 Å². The van der Waals surface area contributed by atoms with E-state index in [1.165, 1.54) is 0 Å². The molecule has 0 aromatic heterocycles. The molecule has 0 atom stereocenters. The standard InChI is InChI=1S/23C2H6.3V/c23*1-2;;;/h23*1-2H3;;;. The molecule has 49 heavy (non-hydrogen) atoms. The van der Waals surface area contributed by atoms with Crippen molar-refractivity contribution >= 4 is 0 Å². The van der Waals surface area contributed by atoms with Gasteiger partial charge in [0.25, 0.3) is 0 Å². The summed E-state index contributed by atoms with van der Waals surface area (Å²) in [6.07, 6.45) is 0. The van der Waals surface area contributed by atoms with Crippen molar-refractivity contribution in [2.45, 2.75) is 318 Å². The van der Waals surface area contributed by atoms with Crippen molar-refractivity contribution in [2.24, 2.45) is 0 Å². The summed E-state index contributed by atoms with van der Waals surface area (Å²) in [6, 6.07) is 0. The maximum Gasteiger partial charge on any atom is 0 e. The van der Waals surface area contributed by atoms with Crippen LogP contribution >= 0.6 is 0 Å². The van der Waals surface area contributed by atoms with Crippen LogP contribution in [-0.2, 0) is 55.7 Å². The Balaban J connectivity index is -0.00000000469. The van der Waals surface area contributed by atoms with E-state index in [0.717, 1.165) is 0 Å². The molecule has 0 aliphatic rings. The summed E-state index contributed by atoms with van der Waals surface area (Å²) in [5.41, 5.74) is 0. The van der Waals surface area contributed by atoms with Gasteiger partial charge in [-0.05, 0) is 0 Å². The molecule has 0 amide bonds. The fourth-order valence-electron chi connectivity index (χ4n) is 0. The Morgan fingerprint density at radius 1 is 0.0612 bits per heavy atom. The first kappa shape index (κ1) is 205. The maximum atomic E-state index is 2.00. The average Bonchev–Trinajstić information content (AvgIpc) is 3.31. The van der Waals surface area contributed by atoms with Crippen molar-refractivity contribution in [3.63, 3.8) is 0 Å². The van der Waals surface area contributed by atoms with E-state index in [0.29, 0.717) is 0 Å². The van der Waals surface area contributed by atoms with Crippen LogP contribution in [0.3, 0.4) is 0 Å². The predicted molar refractivity (Wildman–Crippen MR) is 261 cm³/mol. The Bertz CT molecular complexity index is 16.3. The van der Waals surface area contributed by atoms with Gasteiger partial charge in [0.2, 0.25) is 0 Å². The summed E-state index contributed by atoms with van der Waals surface area (Å²) < 4.78 is 0. The van der Waals surface area contributed by atoms with E-state index in [2.05, 4.69) is 0 Å². The monoisotopic (exact) mass is 844 g/mol. The topological polar surface area (TPSA) is 0 Å². The van der Waals surface area contributed by atoms with Crippen LogP contribution in [0.25, 0.3) is 0 Å². The molecule has 0 aliphatic heterocycles. The third-order valence-electron chi connectivity index (χ3n) is 0. The molecular weight excluding hydrogens is 705 g/mol. The summed E-state index contributed by atoms with van der Waals surface area (Å²) in [7, 11) is 0. The molecule has 3 heteroatoms. The predicted octanol–water partition coefficient (Wildman–Crippen LogP) is 23.6. The molecule has 3 radical (unpaired) electrons. The summed E-state index contributed by atoms with van der Waals surface area (Å²) in [4.78, 5) is 0. The van der Waals surface area contributed by atoms with E-state index in [-0.39, 0.29) is 55.7 Å². The molecule has 0 spiro atoms. The summed E-state index contributed by atoms with van der Waals surface area (Å²) in [6.45, 7) is 92.0. The van der Waals surface area contributed by atoms with E-state index < -0.39 is 0 Å². The first-order valence-corrected chi connectivity index (χ1v) is 23.0. The normalized spacial score (nSPS) is 2.82. The number of rotatable bonds is 0. The van der Waals surface area contributed by atoms with Gasteiger partial charge < -0.3 is 0 Å². The van der Waals surface area contributed by atoms with Crippen LogP contribution in [0.4, 0.5) is 0 Å².